The number of nitrogens with one attached hydrogen (secondary N) is 1. The highest BCUT2D eigenvalue weighted by Crippen LogP contribution is 2.28. The van der Waals surface area contributed by atoms with Gasteiger partial charge in [0.15, 0.2) is 0 Å². The topological polar surface area (TPSA) is 39.1 Å². The van der Waals surface area contributed by atoms with Crippen molar-refractivity contribution in [3.05, 3.63) is 29.8 Å². The molecule has 1 atom stereocenters. The Balaban J connectivity index is 2.18. The molecular weight excluding hydrogens is 222 g/mol. The molecule has 1 fully saturated rings. The first-order valence-corrected chi connectivity index (χ1v) is 6.66. The van der Waals surface area contributed by atoms with E-state index in [1.165, 1.54) is 11.3 Å². The summed E-state index contributed by atoms with van der Waals surface area (Å²) in [5.41, 5.74) is 2.73. The molecule has 3 heteroatoms. The van der Waals surface area contributed by atoms with E-state index in [0.29, 0.717) is 18.4 Å². The van der Waals surface area contributed by atoms with Crippen molar-refractivity contribution in [3.8, 4) is 6.07 Å². The molecule has 1 unspecified atom stereocenters. The monoisotopic (exact) mass is 243 g/mol. The van der Waals surface area contributed by atoms with Crippen molar-refractivity contribution in [1.82, 2.24) is 5.32 Å². The average Bonchev–Trinajstić information content (AvgIpc) is 2.39. The van der Waals surface area contributed by atoms with Gasteiger partial charge in [-0.3, -0.25) is 0 Å². The zero-order chi connectivity index (χ0) is 13.0. The predicted octanol–water partition coefficient (Wildman–Crippen LogP) is 2.50. The molecule has 1 aromatic carbocycles. The smallest absolute Gasteiger partial charge is 0.0638 e. The molecule has 1 saturated heterocycles. The number of benzene rings is 1. The van der Waals surface area contributed by atoms with E-state index >= 15 is 0 Å². The normalized spacial score (nSPS) is 19.9. The number of anilines is 1. The maximum Gasteiger partial charge on any atom is 0.0638 e. The van der Waals surface area contributed by atoms with E-state index in [9.17, 15) is 0 Å². The highest BCUT2D eigenvalue weighted by molar-refractivity contribution is 5.55. The summed E-state index contributed by atoms with van der Waals surface area (Å²) >= 11 is 0. The summed E-state index contributed by atoms with van der Waals surface area (Å²) in [5, 5.41) is 12.2. The van der Waals surface area contributed by atoms with Gasteiger partial charge in [-0.15, -0.1) is 0 Å². The second-order valence-electron chi connectivity index (χ2n) is 5.17. The maximum atomic E-state index is 8.81. The molecule has 96 valence electrons. The van der Waals surface area contributed by atoms with E-state index in [2.05, 4.69) is 54.4 Å². The highest BCUT2D eigenvalue weighted by Gasteiger charge is 2.21. The zero-order valence-electron chi connectivity index (χ0n) is 11.2. The molecule has 1 N–H and O–H groups in total. The number of nitrogens with zero attached hydrogens (tertiary/aromatic N) is 2. The van der Waals surface area contributed by atoms with Gasteiger partial charge in [0.05, 0.1) is 12.5 Å². The summed E-state index contributed by atoms with van der Waals surface area (Å²) in [6, 6.07) is 11.2. The molecule has 1 aliphatic rings. The lowest BCUT2D eigenvalue weighted by molar-refractivity contribution is 0.462. The minimum Gasteiger partial charge on any atom is -0.368 e. The number of hydrogen-bond donors (Lipinski definition) is 1. The van der Waals surface area contributed by atoms with Crippen LogP contribution in [0.15, 0.2) is 24.3 Å². The molecule has 1 aromatic rings. The molecule has 3 nitrogen and oxygen atoms in total. The minimum absolute atomic E-state index is 0.295. The van der Waals surface area contributed by atoms with Crippen LogP contribution >= 0.6 is 0 Å². The number of para-hydroxylation sites is 1. The Morgan fingerprint density at radius 3 is 2.94 bits per heavy atom. The molecule has 1 aliphatic heterocycles. The third-order valence-corrected chi connectivity index (χ3v) is 3.49. The Bertz CT molecular complexity index is 434. The summed E-state index contributed by atoms with van der Waals surface area (Å²) < 4.78 is 0. The van der Waals surface area contributed by atoms with Crippen LogP contribution in [0.2, 0.25) is 0 Å². The molecule has 0 spiro atoms. The van der Waals surface area contributed by atoms with Gasteiger partial charge in [0.2, 0.25) is 0 Å². The third kappa shape index (κ3) is 2.83. The zero-order valence-corrected chi connectivity index (χ0v) is 11.2. The van der Waals surface area contributed by atoms with Crippen molar-refractivity contribution in [2.75, 3.05) is 24.5 Å². The summed E-state index contributed by atoms with van der Waals surface area (Å²) in [6.45, 7) is 7.36. The highest BCUT2D eigenvalue weighted by atomic mass is 15.2. The van der Waals surface area contributed by atoms with Gasteiger partial charge >= 0.3 is 0 Å². The Labute approximate surface area is 109 Å². The van der Waals surface area contributed by atoms with Crippen LogP contribution in [-0.2, 0) is 0 Å². The fourth-order valence-corrected chi connectivity index (χ4v) is 2.55. The van der Waals surface area contributed by atoms with Gasteiger partial charge in [-0.1, -0.05) is 32.0 Å². The molecule has 1 heterocycles. The molecule has 0 aromatic heterocycles. The van der Waals surface area contributed by atoms with Gasteiger partial charge in [-0.2, -0.15) is 5.26 Å². The van der Waals surface area contributed by atoms with Gasteiger partial charge in [0, 0.05) is 31.4 Å². The number of rotatable bonds is 3. The molecule has 0 bridgehead atoms. The third-order valence-electron chi connectivity index (χ3n) is 3.49. The lowest BCUT2D eigenvalue weighted by atomic mass is 9.99. The van der Waals surface area contributed by atoms with Gasteiger partial charge in [0.25, 0.3) is 0 Å². The maximum absolute atomic E-state index is 8.81. The Morgan fingerprint density at radius 1 is 1.44 bits per heavy atom. The Hall–Kier alpha value is -1.53. The van der Waals surface area contributed by atoms with Crippen LogP contribution in [0.1, 0.15) is 31.7 Å². The first-order valence-electron chi connectivity index (χ1n) is 6.66. The molecule has 0 radical (unpaired) electrons. The standard InChI is InChI=1S/C15H21N3/c1-12(2)14-5-3-4-6-15(14)18-10-9-17-13(11-18)7-8-16/h3-6,12-13,17H,7,9-11H2,1-2H3. The molecular formula is C15H21N3. The van der Waals surface area contributed by atoms with Crippen LogP contribution in [0.25, 0.3) is 0 Å². The second kappa shape index (κ2) is 5.88. The van der Waals surface area contributed by atoms with E-state index in [4.69, 9.17) is 5.26 Å². The van der Waals surface area contributed by atoms with E-state index in [0.717, 1.165) is 19.6 Å². The number of piperazine rings is 1. The van der Waals surface area contributed by atoms with E-state index < -0.39 is 0 Å². The van der Waals surface area contributed by atoms with Gasteiger partial charge < -0.3 is 10.2 Å². The van der Waals surface area contributed by atoms with Crippen LogP contribution in [0.3, 0.4) is 0 Å². The molecule has 18 heavy (non-hydrogen) atoms. The van der Waals surface area contributed by atoms with Crippen LogP contribution in [0, 0.1) is 11.3 Å². The largest absolute Gasteiger partial charge is 0.368 e. The van der Waals surface area contributed by atoms with Crippen LogP contribution in [-0.4, -0.2) is 25.7 Å². The SMILES string of the molecule is CC(C)c1ccccc1N1CCNC(CC#N)C1. The minimum atomic E-state index is 0.295. The van der Waals surface area contributed by atoms with Crippen molar-refractivity contribution in [2.45, 2.75) is 32.2 Å². The van der Waals surface area contributed by atoms with Gasteiger partial charge in [-0.05, 0) is 17.5 Å². The fourth-order valence-electron chi connectivity index (χ4n) is 2.55. The molecule has 0 amide bonds. The molecule has 2 rings (SSSR count). The first kappa shape index (κ1) is 12.9. The van der Waals surface area contributed by atoms with E-state index in [1.54, 1.807) is 0 Å². The Morgan fingerprint density at radius 2 is 2.22 bits per heavy atom. The molecule has 0 saturated carbocycles. The van der Waals surface area contributed by atoms with Crippen LogP contribution in [0.5, 0.6) is 0 Å². The van der Waals surface area contributed by atoms with Gasteiger partial charge in [0.1, 0.15) is 0 Å². The van der Waals surface area contributed by atoms with Crippen molar-refractivity contribution in [1.29, 1.82) is 5.26 Å². The molecule has 0 aliphatic carbocycles. The van der Waals surface area contributed by atoms with Crippen molar-refractivity contribution < 1.29 is 0 Å². The summed E-state index contributed by atoms with van der Waals surface area (Å²) in [7, 11) is 0. The lowest BCUT2D eigenvalue weighted by Gasteiger charge is -2.36. The second-order valence-corrected chi connectivity index (χ2v) is 5.17. The Kier molecular flexibility index (Phi) is 4.22. The first-order chi connectivity index (χ1) is 8.72. The summed E-state index contributed by atoms with van der Waals surface area (Å²) in [5.74, 6) is 0.533. The summed E-state index contributed by atoms with van der Waals surface area (Å²) in [4.78, 5) is 2.41. The van der Waals surface area contributed by atoms with Crippen LogP contribution < -0.4 is 10.2 Å². The average molecular weight is 243 g/mol. The van der Waals surface area contributed by atoms with Crippen molar-refractivity contribution in [3.63, 3.8) is 0 Å². The van der Waals surface area contributed by atoms with E-state index in [1.807, 2.05) is 0 Å². The van der Waals surface area contributed by atoms with Crippen molar-refractivity contribution in [2.24, 2.45) is 0 Å². The van der Waals surface area contributed by atoms with E-state index in [-0.39, 0.29) is 0 Å². The number of nitriles is 1. The van der Waals surface area contributed by atoms with Crippen LogP contribution in [0.4, 0.5) is 5.69 Å². The quantitative estimate of drug-likeness (QED) is 0.886. The van der Waals surface area contributed by atoms with Crippen molar-refractivity contribution >= 4 is 5.69 Å². The lowest BCUT2D eigenvalue weighted by Crippen LogP contribution is -2.50. The predicted molar refractivity (Wildman–Crippen MR) is 74.8 cm³/mol. The van der Waals surface area contributed by atoms with Gasteiger partial charge in [-0.25, -0.2) is 0 Å². The summed E-state index contributed by atoms with van der Waals surface area (Å²) in [6.07, 6.45) is 0.584. The fraction of sp³-hybridized carbons (Fsp3) is 0.533. The number of hydrogen-bond acceptors (Lipinski definition) is 3.